The molecule has 1 aliphatic rings. The molecule has 0 saturated carbocycles. The Morgan fingerprint density at radius 1 is 1.06 bits per heavy atom. The number of aromatic nitrogens is 1. The minimum atomic E-state index is -0.227. The van der Waals surface area contributed by atoms with E-state index >= 15 is 0 Å². The Morgan fingerprint density at radius 2 is 1.91 bits per heavy atom. The number of para-hydroxylation sites is 1. The average Bonchev–Trinajstić information content (AvgIpc) is 2.84. The van der Waals surface area contributed by atoms with Gasteiger partial charge in [-0.3, -0.25) is 19.5 Å². The van der Waals surface area contributed by atoms with E-state index in [0.717, 1.165) is 36.0 Å². The third kappa shape index (κ3) is 6.49. The Kier molecular flexibility index (Phi) is 7.86. The molecule has 1 saturated heterocycles. The number of nitrogens with one attached hydrogen (secondary N) is 2. The van der Waals surface area contributed by atoms with E-state index in [-0.39, 0.29) is 17.7 Å². The first-order chi connectivity index (χ1) is 16.1. The highest BCUT2D eigenvalue weighted by molar-refractivity contribution is 9.10. The van der Waals surface area contributed by atoms with Gasteiger partial charge >= 0.3 is 0 Å². The van der Waals surface area contributed by atoms with Gasteiger partial charge in [0.15, 0.2) is 0 Å². The molecule has 6 nitrogen and oxygen atoms in total. The van der Waals surface area contributed by atoms with Gasteiger partial charge in [0, 0.05) is 36.5 Å². The molecule has 2 heterocycles. The number of piperidine rings is 1. The summed E-state index contributed by atoms with van der Waals surface area (Å²) in [4.78, 5) is 32.3. The number of anilines is 1. The summed E-state index contributed by atoms with van der Waals surface area (Å²) in [6, 6.07) is 19.1. The number of nitrogens with zero attached hydrogens (tertiary/aromatic N) is 2. The summed E-state index contributed by atoms with van der Waals surface area (Å²) >= 11 is 3.52. The first-order valence-electron chi connectivity index (χ1n) is 11.1. The molecule has 0 bridgehead atoms. The predicted octanol–water partition coefficient (Wildman–Crippen LogP) is 4.62. The molecular formula is C26H27BrN4O2. The quantitative estimate of drug-likeness (QED) is 0.490. The highest BCUT2D eigenvalue weighted by Gasteiger charge is 2.26. The number of halogens is 1. The van der Waals surface area contributed by atoms with E-state index in [1.54, 1.807) is 30.6 Å². The molecule has 1 atom stereocenters. The molecule has 2 N–H and O–H groups in total. The van der Waals surface area contributed by atoms with Crippen molar-refractivity contribution in [2.24, 2.45) is 5.92 Å². The van der Waals surface area contributed by atoms with E-state index in [0.29, 0.717) is 24.3 Å². The van der Waals surface area contributed by atoms with Gasteiger partial charge in [-0.15, -0.1) is 0 Å². The highest BCUT2D eigenvalue weighted by atomic mass is 79.9. The number of carbonyl (C=O) groups excluding carboxylic acids is 2. The Morgan fingerprint density at radius 3 is 2.73 bits per heavy atom. The van der Waals surface area contributed by atoms with Crippen molar-refractivity contribution in [1.29, 1.82) is 0 Å². The third-order valence-electron chi connectivity index (χ3n) is 5.78. The van der Waals surface area contributed by atoms with Crippen molar-refractivity contribution in [3.8, 4) is 0 Å². The normalized spacial score (nSPS) is 16.2. The number of benzene rings is 2. The number of rotatable bonds is 7. The van der Waals surface area contributed by atoms with Crippen LogP contribution in [0.3, 0.4) is 0 Å². The number of hydrogen-bond acceptors (Lipinski definition) is 4. The third-order valence-corrected chi connectivity index (χ3v) is 6.27. The van der Waals surface area contributed by atoms with E-state index in [2.05, 4.69) is 48.6 Å². The fraction of sp³-hybridized carbons (Fsp3) is 0.269. The van der Waals surface area contributed by atoms with Crippen LogP contribution in [0.15, 0.2) is 77.5 Å². The van der Waals surface area contributed by atoms with Crippen LogP contribution in [0.25, 0.3) is 0 Å². The summed E-state index contributed by atoms with van der Waals surface area (Å²) in [6.07, 6.45) is 5.23. The molecule has 3 aromatic rings. The molecule has 0 radical (unpaired) electrons. The van der Waals surface area contributed by atoms with Crippen LogP contribution in [0, 0.1) is 5.92 Å². The van der Waals surface area contributed by atoms with Gasteiger partial charge in [0.2, 0.25) is 5.91 Å². The lowest BCUT2D eigenvalue weighted by atomic mass is 9.96. The van der Waals surface area contributed by atoms with Gasteiger partial charge < -0.3 is 10.6 Å². The van der Waals surface area contributed by atoms with Crippen molar-refractivity contribution >= 4 is 33.4 Å². The fourth-order valence-corrected chi connectivity index (χ4v) is 4.56. The predicted molar refractivity (Wildman–Crippen MR) is 133 cm³/mol. The number of pyridine rings is 1. The first kappa shape index (κ1) is 23.1. The molecular weight excluding hydrogens is 480 g/mol. The van der Waals surface area contributed by atoms with Crippen molar-refractivity contribution in [3.63, 3.8) is 0 Å². The number of amides is 2. The number of hydrogen-bond donors (Lipinski definition) is 2. The molecule has 0 aliphatic carbocycles. The van der Waals surface area contributed by atoms with Gasteiger partial charge in [0.1, 0.15) is 0 Å². The van der Waals surface area contributed by atoms with Crippen LogP contribution in [0.2, 0.25) is 0 Å². The molecule has 7 heteroatoms. The smallest absolute Gasteiger partial charge is 0.253 e. The van der Waals surface area contributed by atoms with E-state index in [1.165, 1.54) is 5.56 Å². The van der Waals surface area contributed by atoms with Crippen LogP contribution < -0.4 is 10.6 Å². The number of carbonyl (C=O) groups is 2. The summed E-state index contributed by atoms with van der Waals surface area (Å²) < 4.78 is 1.06. The maximum atomic E-state index is 13.1. The van der Waals surface area contributed by atoms with Crippen LogP contribution >= 0.6 is 15.9 Å². The van der Waals surface area contributed by atoms with Crippen molar-refractivity contribution in [2.75, 3.05) is 18.4 Å². The highest BCUT2D eigenvalue weighted by Crippen LogP contribution is 2.23. The van der Waals surface area contributed by atoms with E-state index in [9.17, 15) is 9.59 Å². The van der Waals surface area contributed by atoms with Gasteiger partial charge in [-0.1, -0.05) is 46.3 Å². The second-order valence-electron chi connectivity index (χ2n) is 8.28. The van der Waals surface area contributed by atoms with Crippen molar-refractivity contribution < 1.29 is 9.59 Å². The largest absolute Gasteiger partial charge is 0.348 e. The lowest BCUT2D eigenvalue weighted by Gasteiger charge is -2.32. The Hall–Kier alpha value is -3.03. The van der Waals surface area contributed by atoms with Gasteiger partial charge in [-0.05, 0) is 60.8 Å². The molecule has 1 aromatic heterocycles. The maximum Gasteiger partial charge on any atom is 0.253 e. The monoisotopic (exact) mass is 506 g/mol. The topological polar surface area (TPSA) is 74.3 Å². The van der Waals surface area contributed by atoms with Crippen LogP contribution in [-0.4, -0.2) is 34.8 Å². The summed E-state index contributed by atoms with van der Waals surface area (Å²) in [5, 5.41) is 5.91. The van der Waals surface area contributed by atoms with Gasteiger partial charge in [0.25, 0.3) is 5.91 Å². The van der Waals surface area contributed by atoms with Crippen molar-refractivity contribution in [1.82, 2.24) is 15.2 Å². The zero-order chi connectivity index (χ0) is 23.0. The van der Waals surface area contributed by atoms with E-state index < -0.39 is 0 Å². The Balaban J connectivity index is 1.37. The minimum Gasteiger partial charge on any atom is -0.348 e. The van der Waals surface area contributed by atoms with Crippen LogP contribution in [0.4, 0.5) is 5.69 Å². The van der Waals surface area contributed by atoms with E-state index in [1.807, 2.05) is 30.3 Å². The van der Waals surface area contributed by atoms with E-state index in [4.69, 9.17) is 0 Å². The van der Waals surface area contributed by atoms with Gasteiger partial charge in [0.05, 0.1) is 17.2 Å². The van der Waals surface area contributed by atoms with Crippen LogP contribution in [0.5, 0.6) is 0 Å². The summed E-state index contributed by atoms with van der Waals surface area (Å²) in [7, 11) is 0. The Bertz CT molecular complexity index is 1110. The SMILES string of the molecule is O=C(NCc1cccnc1)c1ccccc1NC(=O)C1CCCN(Cc2cccc(Br)c2)C1. The second kappa shape index (κ2) is 11.2. The summed E-state index contributed by atoms with van der Waals surface area (Å²) in [6.45, 7) is 2.87. The zero-order valence-electron chi connectivity index (χ0n) is 18.3. The van der Waals surface area contributed by atoms with Gasteiger partial charge in [-0.2, -0.15) is 0 Å². The standard InChI is InChI=1S/C26H27BrN4O2/c27-22-9-3-6-19(14-22)17-31-13-5-8-21(18-31)25(32)30-24-11-2-1-10-23(24)26(33)29-16-20-7-4-12-28-15-20/h1-4,6-7,9-12,14-15,21H,5,8,13,16-18H2,(H,29,33)(H,30,32). The van der Waals surface area contributed by atoms with Crippen LogP contribution in [-0.2, 0) is 17.9 Å². The molecule has 2 amide bonds. The lowest BCUT2D eigenvalue weighted by Crippen LogP contribution is -2.40. The molecule has 0 spiro atoms. The fourth-order valence-electron chi connectivity index (χ4n) is 4.11. The first-order valence-corrected chi connectivity index (χ1v) is 11.9. The summed E-state index contributed by atoms with van der Waals surface area (Å²) in [5.41, 5.74) is 3.13. The average molecular weight is 507 g/mol. The summed E-state index contributed by atoms with van der Waals surface area (Å²) in [5.74, 6) is -0.381. The molecule has 2 aromatic carbocycles. The van der Waals surface area contributed by atoms with Crippen molar-refractivity contribution in [3.05, 3.63) is 94.2 Å². The molecule has 1 aliphatic heterocycles. The second-order valence-corrected chi connectivity index (χ2v) is 9.20. The molecule has 1 unspecified atom stereocenters. The van der Waals surface area contributed by atoms with Crippen LogP contribution in [0.1, 0.15) is 34.3 Å². The molecule has 4 rings (SSSR count). The number of likely N-dealkylation sites (tertiary alicyclic amines) is 1. The van der Waals surface area contributed by atoms with Gasteiger partial charge in [-0.25, -0.2) is 0 Å². The minimum absolute atomic E-state index is 0.0403. The molecule has 33 heavy (non-hydrogen) atoms. The lowest BCUT2D eigenvalue weighted by molar-refractivity contribution is -0.121. The Labute approximate surface area is 202 Å². The van der Waals surface area contributed by atoms with Crippen molar-refractivity contribution in [2.45, 2.75) is 25.9 Å². The molecule has 1 fully saturated rings. The molecule has 170 valence electrons. The zero-order valence-corrected chi connectivity index (χ0v) is 19.9. The maximum absolute atomic E-state index is 13.1.